The molecule has 0 saturated heterocycles. The standard InChI is InChI=1S/C17H11ClFN3O2/c18-13-7-9(19)5-6-11(13)16-21-17(24-22-16)12-8-15(23)20-14-4-2-1-3-10(12)14/h1-7,12H,8H2,(H,20,23). The molecule has 2 heterocycles. The summed E-state index contributed by atoms with van der Waals surface area (Å²) in [6, 6.07) is 11.4. The summed E-state index contributed by atoms with van der Waals surface area (Å²) in [6.45, 7) is 0. The number of hydrogen-bond acceptors (Lipinski definition) is 4. The average molecular weight is 344 g/mol. The van der Waals surface area contributed by atoms with E-state index >= 15 is 0 Å². The van der Waals surface area contributed by atoms with E-state index in [0.29, 0.717) is 11.5 Å². The maximum absolute atomic E-state index is 13.2. The summed E-state index contributed by atoms with van der Waals surface area (Å²) in [5, 5.41) is 6.95. The zero-order valence-corrected chi connectivity index (χ0v) is 13.0. The molecule has 0 spiro atoms. The highest BCUT2D eigenvalue weighted by molar-refractivity contribution is 6.33. The van der Waals surface area contributed by atoms with Crippen LogP contribution in [0, 0.1) is 5.82 Å². The van der Waals surface area contributed by atoms with Gasteiger partial charge in [0.05, 0.1) is 10.9 Å². The van der Waals surface area contributed by atoms with E-state index in [1.807, 2.05) is 24.3 Å². The van der Waals surface area contributed by atoms with E-state index in [9.17, 15) is 9.18 Å². The maximum Gasteiger partial charge on any atom is 0.235 e. The van der Waals surface area contributed by atoms with Gasteiger partial charge >= 0.3 is 0 Å². The van der Waals surface area contributed by atoms with Crippen molar-refractivity contribution in [2.75, 3.05) is 5.32 Å². The topological polar surface area (TPSA) is 68.0 Å². The van der Waals surface area contributed by atoms with E-state index in [4.69, 9.17) is 16.1 Å². The number of nitrogens with one attached hydrogen (secondary N) is 1. The molecular weight excluding hydrogens is 333 g/mol. The van der Waals surface area contributed by atoms with Gasteiger partial charge in [0.25, 0.3) is 0 Å². The molecule has 24 heavy (non-hydrogen) atoms. The number of carbonyl (C=O) groups is 1. The van der Waals surface area contributed by atoms with Gasteiger partial charge in [0.1, 0.15) is 5.82 Å². The van der Waals surface area contributed by atoms with E-state index in [-0.39, 0.29) is 29.1 Å². The number of anilines is 1. The number of halogens is 2. The fraction of sp³-hybridized carbons (Fsp3) is 0.118. The number of amides is 1. The predicted molar refractivity (Wildman–Crippen MR) is 86.2 cm³/mol. The number of para-hydroxylation sites is 1. The summed E-state index contributed by atoms with van der Waals surface area (Å²) < 4.78 is 18.5. The minimum absolute atomic E-state index is 0.113. The third kappa shape index (κ3) is 2.55. The molecule has 1 amide bonds. The summed E-state index contributed by atoms with van der Waals surface area (Å²) in [7, 11) is 0. The molecule has 1 N–H and O–H groups in total. The second-order valence-electron chi connectivity index (χ2n) is 5.47. The molecule has 1 aromatic heterocycles. The van der Waals surface area contributed by atoms with Crippen LogP contribution < -0.4 is 5.32 Å². The van der Waals surface area contributed by atoms with E-state index in [1.54, 1.807) is 0 Å². The molecule has 3 aromatic rings. The zero-order chi connectivity index (χ0) is 16.7. The molecule has 1 aliphatic heterocycles. The van der Waals surface area contributed by atoms with Gasteiger partial charge in [0, 0.05) is 17.7 Å². The lowest BCUT2D eigenvalue weighted by atomic mass is 9.90. The Bertz CT molecular complexity index is 941. The first kappa shape index (κ1) is 14.8. The van der Waals surface area contributed by atoms with Crippen molar-refractivity contribution in [1.29, 1.82) is 0 Å². The smallest absolute Gasteiger partial charge is 0.235 e. The minimum atomic E-state index is -0.439. The van der Waals surface area contributed by atoms with Crippen molar-refractivity contribution in [2.24, 2.45) is 0 Å². The Labute approximate surface area is 141 Å². The molecule has 0 saturated carbocycles. The zero-order valence-electron chi connectivity index (χ0n) is 12.3. The van der Waals surface area contributed by atoms with Crippen molar-refractivity contribution in [3.8, 4) is 11.4 Å². The molecule has 1 atom stereocenters. The number of aromatic nitrogens is 2. The fourth-order valence-corrected chi connectivity index (χ4v) is 3.04. The average Bonchev–Trinajstić information content (AvgIpc) is 3.03. The Morgan fingerprint density at radius 1 is 1.25 bits per heavy atom. The van der Waals surface area contributed by atoms with Crippen LogP contribution >= 0.6 is 11.6 Å². The van der Waals surface area contributed by atoms with Gasteiger partial charge in [-0.15, -0.1) is 0 Å². The van der Waals surface area contributed by atoms with Crippen LogP contribution in [-0.4, -0.2) is 16.0 Å². The van der Waals surface area contributed by atoms with Crippen LogP contribution in [0.25, 0.3) is 11.4 Å². The Kier molecular flexibility index (Phi) is 3.54. The van der Waals surface area contributed by atoms with Crippen molar-refractivity contribution >= 4 is 23.2 Å². The molecule has 0 radical (unpaired) electrons. The molecule has 1 unspecified atom stereocenters. The Morgan fingerprint density at radius 2 is 2.08 bits per heavy atom. The summed E-state index contributed by atoms with van der Waals surface area (Å²) in [5.41, 5.74) is 2.12. The first-order chi connectivity index (χ1) is 11.6. The summed E-state index contributed by atoms with van der Waals surface area (Å²) in [4.78, 5) is 16.3. The molecule has 5 nitrogen and oxygen atoms in total. The van der Waals surface area contributed by atoms with Crippen molar-refractivity contribution in [3.05, 3.63) is 64.8 Å². The second kappa shape index (κ2) is 5.72. The van der Waals surface area contributed by atoms with Gasteiger partial charge in [-0.2, -0.15) is 4.98 Å². The van der Waals surface area contributed by atoms with Crippen LogP contribution in [-0.2, 0) is 4.79 Å². The Hall–Kier alpha value is -2.73. The van der Waals surface area contributed by atoms with Crippen LogP contribution in [0.3, 0.4) is 0 Å². The van der Waals surface area contributed by atoms with Gasteiger partial charge in [-0.3, -0.25) is 4.79 Å². The van der Waals surface area contributed by atoms with Crippen molar-refractivity contribution in [1.82, 2.24) is 10.1 Å². The molecule has 4 rings (SSSR count). The van der Waals surface area contributed by atoms with Gasteiger partial charge in [-0.25, -0.2) is 4.39 Å². The highest BCUT2D eigenvalue weighted by atomic mass is 35.5. The van der Waals surface area contributed by atoms with E-state index < -0.39 is 5.82 Å². The first-order valence-corrected chi connectivity index (χ1v) is 7.67. The lowest BCUT2D eigenvalue weighted by Crippen LogP contribution is -2.23. The quantitative estimate of drug-likeness (QED) is 0.763. The minimum Gasteiger partial charge on any atom is -0.338 e. The second-order valence-corrected chi connectivity index (χ2v) is 5.88. The number of benzene rings is 2. The normalized spacial score (nSPS) is 16.6. The van der Waals surface area contributed by atoms with E-state index in [1.165, 1.54) is 18.2 Å². The lowest BCUT2D eigenvalue weighted by Gasteiger charge is -2.22. The van der Waals surface area contributed by atoms with Crippen molar-refractivity contribution in [2.45, 2.75) is 12.3 Å². The maximum atomic E-state index is 13.2. The Balaban J connectivity index is 1.74. The number of fused-ring (bicyclic) bond motifs is 1. The molecule has 120 valence electrons. The number of hydrogen-bond donors (Lipinski definition) is 1. The van der Waals surface area contributed by atoms with Gasteiger partial charge in [-0.05, 0) is 29.8 Å². The summed E-state index contributed by atoms with van der Waals surface area (Å²) >= 11 is 6.04. The number of carbonyl (C=O) groups excluding carboxylic acids is 1. The SMILES string of the molecule is O=C1CC(c2nc(-c3ccc(F)cc3Cl)no2)c2ccccc2N1. The third-order valence-electron chi connectivity index (χ3n) is 3.91. The number of rotatable bonds is 2. The predicted octanol–water partition coefficient (Wildman–Crippen LogP) is 4.00. The number of nitrogens with zero attached hydrogens (tertiary/aromatic N) is 2. The largest absolute Gasteiger partial charge is 0.338 e. The monoisotopic (exact) mass is 343 g/mol. The van der Waals surface area contributed by atoms with Gasteiger partial charge < -0.3 is 9.84 Å². The van der Waals surface area contributed by atoms with Crippen LogP contribution in [0.2, 0.25) is 5.02 Å². The van der Waals surface area contributed by atoms with Crippen molar-refractivity contribution in [3.63, 3.8) is 0 Å². The molecule has 0 fully saturated rings. The summed E-state index contributed by atoms with van der Waals surface area (Å²) in [5.74, 6) is -0.287. The third-order valence-corrected chi connectivity index (χ3v) is 4.22. The fourth-order valence-electron chi connectivity index (χ4n) is 2.79. The molecule has 7 heteroatoms. The lowest BCUT2D eigenvalue weighted by molar-refractivity contribution is -0.116. The van der Waals surface area contributed by atoms with Crippen LogP contribution in [0.4, 0.5) is 10.1 Å². The molecular formula is C17H11ClFN3O2. The molecule has 0 bridgehead atoms. The molecule has 0 aliphatic carbocycles. The van der Waals surface area contributed by atoms with Crippen LogP contribution in [0.5, 0.6) is 0 Å². The first-order valence-electron chi connectivity index (χ1n) is 7.29. The Morgan fingerprint density at radius 3 is 2.92 bits per heavy atom. The highest BCUT2D eigenvalue weighted by Gasteiger charge is 2.30. The highest BCUT2D eigenvalue weighted by Crippen LogP contribution is 2.37. The van der Waals surface area contributed by atoms with Crippen molar-refractivity contribution < 1.29 is 13.7 Å². The van der Waals surface area contributed by atoms with E-state index in [2.05, 4.69) is 15.5 Å². The molecule has 2 aromatic carbocycles. The van der Waals surface area contributed by atoms with E-state index in [0.717, 1.165) is 11.3 Å². The molecule has 1 aliphatic rings. The van der Waals surface area contributed by atoms with Gasteiger partial charge in [0.15, 0.2) is 0 Å². The van der Waals surface area contributed by atoms with Gasteiger partial charge in [-0.1, -0.05) is 35.0 Å². The van der Waals surface area contributed by atoms with Crippen LogP contribution in [0.15, 0.2) is 47.0 Å². The summed E-state index contributed by atoms with van der Waals surface area (Å²) in [6.07, 6.45) is 0.218. The van der Waals surface area contributed by atoms with Crippen LogP contribution in [0.1, 0.15) is 23.8 Å². The van der Waals surface area contributed by atoms with Gasteiger partial charge in [0.2, 0.25) is 17.6 Å².